The van der Waals surface area contributed by atoms with Crippen molar-refractivity contribution in [3.8, 4) is 0 Å². The van der Waals surface area contributed by atoms with Crippen LogP contribution in [0.2, 0.25) is 0 Å². The number of hydrogen-bond donors (Lipinski definition) is 1. The lowest BCUT2D eigenvalue weighted by molar-refractivity contribution is -0.428. The molecule has 102 valence electrons. The zero-order valence-corrected chi connectivity index (χ0v) is 11.0. The summed E-state index contributed by atoms with van der Waals surface area (Å²) in [4.78, 5) is 16.3. The maximum absolute atomic E-state index is 12.4. The Balaban J connectivity index is 2.01. The predicted octanol–water partition coefficient (Wildman–Crippen LogP) is 0.823. The van der Waals surface area contributed by atoms with Gasteiger partial charge in [0.2, 0.25) is 11.0 Å². The molecule has 8 heteroatoms. The number of nitrogens with two attached hydrogens (primary N) is 1. The second-order valence-electron chi connectivity index (χ2n) is 4.24. The minimum absolute atomic E-state index is 0.0280. The van der Waals surface area contributed by atoms with E-state index in [0.29, 0.717) is 4.91 Å². The lowest BCUT2D eigenvalue weighted by Gasteiger charge is -2.18. The summed E-state index contributed by atoms with van der Waals surface area (Å²) in [5.41, 5.74) is 6.16. The van der Waals surface area contributed by atoms with E-state index in [0.717, 1.165) is 5.56 Å². The van der Waals surface area contributed by atoms with E-state index in [1.54, 1.807) is 6.20 Å². The van der Waals surface area contributed by atoms with Crippen LogP contribution in [0.4, 0.5) is 0 Å². The Hall–Kier alpha value is -2.48. The fourth-order valence-electron chi connectivity index (χ4n) is 2.01. The van der Waals surface area contributed by atoms with Gasteiger partial charge in [-0.1, -0.05) is 30.3 Å². The largest absolute Gasteiger partial charge is 0.378 e. The Morgan fingerprint density at radius 3 is 2.70 bits per heavy atom. The Morgan fingerprint density at radius 2 is 2.05 bits per heavy atom. The molecule has 0 fully saturated rings. The molecule has 7 nitrogen and oxygen atoms in total. The average Bonchev–Trinajstić information content (AvgIpc) is 2.76. The summed E-state index contributed by atoms with van der Waals surface area (Å²) in [5.74, 6) is -0.183. The number of nitrogens with zero attached hydrogens (tertiary/aromatic N) is 3. The van der Waals surface area contributed by atoms with Gasteiger partial charge in [0.15, 0.2) is 0 Å². The average molecular weight is 290 g/mol. The molecule has 1 atom stereocenters. The van der Waals surface area contributed by atoms with Gasteiger partial charge in [-0.2, -0.15) is 4.99 Å². The van der Waals surface area contributed by atoms with Gasteiger partial charge in [-0.15, -0.1) is 0 Å². The summed E-state index contributed by atoms with van der Waals surface area (Å²) in [7, 11) is -1.48. The molecular formula is C12H10N4O3S. The van der Waals surface area contributed by atoms with Gasteiger partial charge in [0, 0.05) is 6.20 Å². The second-order valence-corrected chi connectivity index (χ2v) is 5.58. The van der Waals surface area contributed by atoms with Crippen molar-refractivity contribution in [3.05, 3.63) is 63.7 Å². The van der Waals surface area contributed by atoms with Gasteiger partial charge in [0.25, 0.3) is 0 Å². The molecule has 2 heterocycles. The monoisotopic (exact) mass is 290 g/mol. The van der Waals surface area contributed by atoms with Crippen molar-refractivity contribution in [2.45, 2.75) is 0 Å². The molecule has 1 aromatic carbocycles. The van der Waals surface area contributed by atoms with Crippen molar-refractivity contribution in [3.63, 3.8) is 0 Å². The molecular weight excluding hydrogens is 280 g/mol. The first-order valence-corrected chi connectivity index (χ1v) is 6.90. The van der Waals surface area contributed by atoms with E-state index < -0.39 is 15.7 Å². The molecule has 0 spiro atoms. The van der Waals surface area contributed by atoms with Crippen LogP contribution in [0.1, 0.15) is 5.56 Å². The normalized spacial score (nSPS) is 21.4. The fraction of sp³-hybridized carbons (Fsp3) is 0.0833. The van der Waals surface area contributed by atoms with E-state index in [4.69, 9.17) is 5.73 Å². The minimum Gasteiger partial charge on any atom is -0.378 e. The van der Waals surface area contributed by atoms with Gasteiger partial charge < -0.3 is 10.6 Å². The fourth-order valence-corrected chi connectivity index (χ4v) is 3.29. The van der Waals surface area contributed by atoms with E-state index in [2.05, 4.69) is 4.99 Å². The molecule has 0 radical (unpaired) electrons. The van der Waals surface area contributed by atoms with Crippen LogP contribution in [0.3, 0.4) is 0 Å². The number of rotatable bonds is 2. The van der Waals surface area contributed by atoms with Crippen LogP contribution in [0.5, 0.6) is 0 Å². The van der Waals surface area contributed by atoms with Gasteiger partial charge in [0.1, 0.15) is 17.3 Å². The topological polar surface area (TPSA) is 102 Å². The number of nitro groups is 1. The first kappa shape index (κ1) is 12.5. The number of hydrogen-bond acceptors (Lipinski definition) is 6. The van der Waals surface area contributed by atoms with E-state index >= 15 is 0 Å². The smallest absolute Gasteiger partial charge is 0.307 e. The second kappa shape index (κ2) is 4.57. The molecule has 2 aliphatic heterocycles. The minimum atomic E-state index is -1.48. The van der Waals surface area contributed by atoms with Crippen LogP contribution in [-0.4, -0.2) is 25.7 Å². The third kappa shape index (κ3) is 1.90. The SMILES string of the molecule is NC1=C([N+](=O)[O-])CN2C=C(c3ccccc3)S(=O)C2=N1. The highest BCUT2D eigenvalue weighted by atomic mass is 32.2. The van der Waals surface area contributed by atoms with Crippen LogP contribution < -0.4 is 5.73 Å². The predicted molar refractivity (Wildman–Crippen MR) is 74.9 cm³/mol. The quantitative estimate of drug-likeness (QED) is 0.642. The Labute approximate surface area is 116 Å². The highest BCUT2D eigenvalue weighted by molar-refractivity contribution is 8.09. The molecule has 1 unspecified atom stereocenters. The van der Waals surface area contributed by atoms with Crippen LogP contribution in [0.15, 0.2) is 53.0 Å². The summed E-state index contributed by atoms with van der Waals surface area (Å²) in [6.45, 7) is -0.0280. The lowest BCUT2D eigenvalue weighted by atomic mass is 10.2. The third-order valence-corrected chi connectivity index (χ3v) is 4.39. The van der Waals surface area contributed by atoms with Gasteiger partial charge in [-0.05, 0) is 5.56 Å². The zero-order valence-electron chi connectivity index (χ0n) is 10.2. The van der Waals surface area contributed by atoms with Crippen LogP contribution in [0.25, 0.3) is 4.91 Å². The number of amidine groups is 1. The molecule has 0 aromatic heterocycles. The van der Waals surface area contributed by atoms with E-state index in [1.807, 2.05) is 30.3 Å². The summed E-state index contributed by atoms with van der Waals surface area (Å²) in [6.07, 6.45) is 1.63. The maximum atomic E-state index is 12.4. The van der Waals surface area contributed by atoms with Crippen LogP contribution in [-0.2, 0) is 10.8 Å². The molecule has 3 rings (SSSR count). The standard InChI is InChI=1S/C12H10N4O3S/c13-11-9(16(17)18)6-15-7-10(20(19)12(15)14-11)8-4-2-1-3-5-8/h1-5,7H,6,13H2. The van der Waals surface area contributed by atoms with Crippen molar-refractivity contribution in [1.29, 1.82) is 0 Å². The van der Waals surface area contributed by atoms with Crippen molar-refractivity contribution >= 4 is 20.9 Å². The first-order valence-electron chi connectivity index (χ1n) is 5.75. The highest BCUT2D eigenvalue weighted by Gasteiger charge is 2.36. The lowest BCUT2D eigenvalue weighted by Crippen LogP contribution is -2.33. The van der Waals surface area contributed by atoms with Crippen LogP contribution in [0, 0.1) is 10.1 Å². The zero-order chi connectivity index (χ0) is 14.3. The highest BCUT2D eigenvalue weighted by Crippen LogP contribution is 2.30. The summed E-state index contributed by atoms with van der Waals surface area (Å²) < 4.78 is 12.4. The third-order valence-electron chi connectivity index (χ3n) is 2.99. The van der Waals surface area contributed by atoms with Crippen molar-refractivity contribution < 1.29 is 9.13 Å². The van der Waals surface area contributed by atoms with E-state index in [-0.39, 0.29) is 23.2 Å². The van der Waals surface area contributed by atoms with Gasteiger partial charge >= 0.3 is 5.70 Å². The molecule has 2 N–H and O–H groups in total. The number of aliphatic imine (C=N–C) groups is 1. The molecule has 0 saturated carbocycles. The molecule has 2 aliphatic rings. The summed E-state index contributed by atoms with van der Waals surface area (Å²) in [5, 5.41) is 11.1. The number of benzene rings is 1. The number of fused-ring (bicyclic) bond motifs is 1. The molecule has 0 aliphatic carbocycles. The van der Waals surface area contributed by atoms with Gasteiger partial charge in [0.05, 0.1) is 9.83 Å². The van der Waals surface area contributed by atoms with Crippen LogP contribution >= 0.6 is 0 Å². The Kier molecular flexibility index (Phi) is 2.87. The molecule has 0 amide bonds. The van der Waals surface area contributed by atoms with E-state index in [9.17, 15) is 14.3 Å². The molecule has 0 saturated heterocycles. The first-order chi connectivity index (χ1) is 9.58. The summed E-state index contributed by atoms with van der Waals surface area (Å²) >= 11 is 0. The van der Waals surface area contributed by atoms with E-state index in [1.165, 1.54) is 4.90 Å². The molecule has 20 heavy (non-hydrogen) atoms. The van der Waals surface area contributed by atoms with Gasteiger partial charge in [-0.3, -0.25) is 10.1 Å². The van der Waals surface area contributed by atoms with Gasteiger partial charge in [-0.25, -0.2) is 4.21 Å². The molecule has 0 bridgehead atoms. The molecule has 1 aromatic rings. The Morgan fingerprint density at radius 1 is 1.35 bits per heavy atom. The van der Waals surface area contributed by atoms with Crippen molar-refractivity contribution in [2.75, 3.05) is 6.54 Å². The van der Waals surface area contributed by atoms with Crippen molar-refractivity contribution in [1.82, 2.24) is 4.90 Å². The maximum Gasteiger partial charge on any atom is 0.307 e. The Bertz CT molecular complexity index is 709. The summed E-state index contributed by atoms with van der Waals surface area (Å²) in [6, 6.07) is 9.18. The van der Waals surface area contributed by atoms with Crippen molar-refractivity contribution in [2.24, 2.45) is 10.7 Å².